The Hall–Kier alpha value is 1.33. The van der Waals surface area contributed by atoms with Crippen LogP contribution in [0.15, 0.2) is 0 Å². The summed E-state index contributed by atoms with van der Waals surface area (Å²) in [5.41, 5.74) is 0. The normalized spacial score (nSPS) is 8.17. The van der Waals surface area contributed by atoms with E-state index in [-0.39, 0.29) is 25.8 Å². The van der Waals surface area contributed by atoms with Gasteiger partial charge in [-0.2, -0.15) is 0 Å². The van der Waals surface area contributed by atoms with Gasteiger partial charge in [0.1, 0.15) is 0 Å². The molecule has 2 atom stereocenters. The molecule has 0 amide bonds. The summed E-state index contributed by atoms with van der Waals surface area (Å²) in [5, 5.41) is 7.76. The van der Waals surface area contributed by atoms with Crippen molar-refractivity contribution in [1.29, 1.82) is 0 Å². The van der Waals surface area contributed by atoms with E-state index in [1.54, 1.807) is 0 Å². The fourth-order valence-corrected chi connectivity index (χ4v) is 0. The molecule has 36 valence electrons. The summed E-state index contributed by atoms with van der Waals surface area (Å²) in [5.74, 6) is 0. The van der Waals surface area contributed by atoms with Gasteiger partial charge >= 0.3 is 63.6 Å². The number of carboxylic acid groups (broad SMARTS) is 1. The van der Waals surface area contributed by atoms with Crippen LogP contribution in [0, 0.1) is 0 Å². The van der Waals surface area contributed by atoms with Crippen molar-refractivity contribution in [3.8, 4) is 0 Å². The Morgan fingerprint density at radius 3 is 2.00 bits per heavy atom. The van der Waals surface area contributed by atoms with Crippen LogP contribution >= 0.6 is 7.80 Å². The second kappa shape index (κ2) is 6.33. The molecule has 0 bridgehead atoms. The summed E-state index contributed by atoms with van der Waals surface area (Å²) in [6, 6.07) is 0. The van der Waals surface area contributed by atoms with Crippen molar-refractivity contribution in [2.45, 2.75) is 0 Å². The average Bonchev–Trinajstić information content (AvgIpc) is 1.38. The van der Waals surface area contributed by atoms with E-state index in [0.717, 1.165) is 0 Å². The molecule has 0 aromatic rings. The van der Waals surface area contributed by atoms with Crippen molar-refractivity contribution >= 4 is 53.7 Å². The minimum atomic E-state index is -0.722. The van der Waals surface area contributed by atoms with Crippen molar-refractivity contribution < 1.29 is 9.90 Å². The van der Waals surface area contributed by atoms with Crippen LogP contribution in [0.3, 0.4) is 0 Å². The van der Waals surface area contributed by atoms with E-state index in [2.05, 4.69) is 7.80 Å². The van der Waals surface area contributed by atoms with Crippen LogP contribution in [0.25, 0.3) is 0 Å². The Bertz CT molecular complexity index is 48.8. The minimum absolute atomic E-state index is 0. The zero-order valence-electron chi connectivity index (χ0n) is 2.43. The summed E-state index contributed by atoms with van der Waals surface area (Å²) in [6.07, 6.45) is 0. The molecule has 0 aromatic carbocycles. The summed E-state index contributed by atoms with van der Waals surface area (Å²) in [6.45, 7) is 0. The van der Waals surface area contributed by atoms with Gasteiger partial charge in [0.25, 0.3) is 0 Å². The van der Waals surface area contributed by atoms with Crippen LogP contribution in [0.2, 0.25) is 0 Å². The molecule has 0 fully saturated rings. The maximum absolute atomic E-state index is 9.40. The van der Waals surface area contributed by atoms with Crippen molar-refractivity contribution in [2.75, 3.05) is 0 Å². The Balaban J connectivity index is 0. The van der Waals surface area contributed by atoms with Gasteiger partial charge in [0.15, 0.2) is 0 Å². The molecule has 0 spiro atoms. The van der Waals surface area contributed by atoms with Gasteiger partial charge in [-0.25, -0.2) is 0 Å². The molecule has 0 aliphatic heterocycles. The maximum atomic E-state index is 9.40. The standard InChI is InChI=1S/CH4AsO2P.In.3H/c3-1(4)2-5;;;;/h2H,5H2,(H,3,4);;;;. The summed E-state index contributed by atoms with van der Waals surface area (Å²) < 4.78 is -0.657. The molecule has 0 heterocycles. The van der Waals surface area contributed by atoms with Gasteiger partial charge in [-0.15, -0.1) is 0 Å². The molecule has 0 aliphatic rings. The van der Waals surface area contributed by atoms with Gasteiger partial charge in [0, 0.05) is 0 Å². The first-order valence-electron chi connectivity index (χ1n) is 0.966. The van der Waals surface area contributed by atoms with Crippen molar-refractivity contribution in [3.63, 3.8) is 0 Å². The Labute approximate surface area is 63.3 Å². The van der Waals surface area contributed by atoms with E-state index in [0.29, 0.717) is 0 Å². The van der Waals surface area contributed by atoms with Crippen LogP contribution in [0.1, 0.15) is 0 Å². The molecule has 0 saturated heterocycles. The van der Waals surface area contributed by atoms with Crippen molar-refractivity contribution in [3.05, 3.63) is 0 Å². The van der Waals surface area contributed by atoms with Gasteiger partial charge in [-0.05, 0) is 0 Å². The summed E-state index contributed by atoms with van der Waals surface area (Å²) in [4.78, 5) is 9.40. The predicted octanol–water partition coefficient (Wildman–Crippen LogP) is -1.29. The zero-order valence-corrected chi connectivity index (χ0v) is 5.69. The van der Waals surface area contributed by atoms with Gasteiger partial charge in [-0.3, -0.25) is 0 Å². The third-order valence-corrected chi connectivity index (χ3v) is 1.92. The van der Waals surface area contributed by atoms with E-state index < -0.39 is 20.1 Å². The molecule has 6 heavy (non-hydrogen) atoms. The number of hydrogen-bond acceptors (Lipinski definition) is 1. The van der Waals surface area contributed by atoms with Gasteiger partial charge in [-0.1, -0.05) is 0 Å². The first-order valence-corrected chi connectivity index (χ1v) is 6.23. The fraction of sp³-hybridized carbons (Fsp3) is 0. The Kier molecular flexibility index (Phi) is 10.9. The number of hydrogen-bond donors (Lipinski definition) is 1. The van der Waals surface area contributed by atoms with Crippen molar-refractivity contribution in [2.24, 2.45) is 0 Å². The molecule has 0 saturated carbocycles. The molecule has 2 unspecified atom stereocenters. The summed E-state index contributed by atoms with van der Waals surface area (Å²) >= 11 is -0.722. The second-order valence-electron chi connectivity index (χ2n) is 0.449. The topological polar surface area (TPSA) is 37.3 Å². The van der Waals surface area contributed by atoms with E-state index in [9.17, 15) is 4.79 Å². The number of carbonyl (C=O) groups is 1. The van der Waals surface area contributed by atoms with Crippen LogP contribution in [-0.4, -0.2) is 51.0 Å². The fourth-order valence-electron chi connectivity index (χ4n) is 0. The quantitative estimate of drug-likeness (QED) is 0.476. The monoisotopic (exact) mass is 272 g/mol. The van der Waals surface area contributed by atoms with Gasteiger partial charge in [0.05, 0.1) is 0 Å². The van der Waals surface area contributed by atoms with E-state index in [4.69, 9.17) is 5.11 Å². The first kappa shape index (κ1) is 10.3. The molecule has 0 aliphatic carbocycles. The second-order valence-corrected chi connectivity index (χ2v) is 3.45. The zero-order chi connectivity index (χ0) is 4.28. The third-order valence-electron chi connectivity index (χ3n) is 0.123. The van der Waals surface area contributed by atoms with E-state index in [1.807, 2.05) is 0 Å². The molecule has 0 rings (SSSR count). The van der Waals surface area contributed by atoms with Gasteiger partial charge in [0.2, 0.25) is 0 Å². The van der Waals surface area contributed by atoms with Crippen LogP contribution in [0.5, 0.6) is 0 Å². The van der Waals surface area contributed by atoms with Crippen molar-refractivity contribution in [1.82, 2.24) is 0 Å². The average molecular weight is 272 g/mol. The molecule has 1 N–H and O–H groups in total. The van der Waals surface area contributed by atoms with Crippen LogP contribution in [0.4, 0.5) is 4.79 Å². The van der Waals surface area contributed by atoms with Gasteiger partial charge < -0.3 is 0 Å². The molecule has 0 radical (unpaired) electrons. The molecular formula is CH7AsInO2P. The van der Waals surface area contributed by atoms with Crippen LogP contribution < -0.4 is 0 Å². The number of rotatable bonds is 1. The SMILES string of the molecule is O=C(O)[AsH]P.[InH3]. The van der Waals surface area contributed by atoms with Crippen LogP contribution in [-0.2, 0) is 0 Å². The molecule has 2 nitrogen and oxygen atoms in total. The van der Waals surface area contributed by atoms with E-state index >= 15 is 0 Å². The molecular weight excluding hydrogens is 265 g/mol. The molecule has 0 aromatic heterocycles. The third kappa shape index (κ3) is 9.01. The first-order chi connectivity index (χ1) is 2.27. The van der Waals surface area contributed by atoms with E-state index in [1.165, 1.54) is 0 Å². The Morgan fingerprint density at radius 1 is 1.83 bits per heavy atom. The summed E-state index contributed by atoms with van der Waals surface area (Å²) in [7, 11) is 2.22. The Morgan fingerprint density at radius 2 is 2.00 bits per heavy atom. The predicted molar refractivity (Wildman–Crippen MR) is 34.8 cm³/mol. The molecule has 5 heteroatoms.